The largest absolute Gasteiger partial charge is 0.383 e. The molecule has 4 atom stereocenters. The third-order valence-electron chi connectivity index (χ3n) is 4.95. The van der Waals surface area contributed by atoms with Gasteiger partial charge >= 0.3 is 0 Å². The molecular weight excluding hydrogens is 270 g/mol. The molecule has 2 aliphatic heterocycles. The lowest BCUT2D eigenvalue weighted by Crippen LogP contribution is -2.50. The quantitative estimate of drug-likeness (QED) is 0.753. The van der Waals surface area contributed by atoms with Crippen molar-refractivity contribution in [3.8, 4) is 0 Å². The van der Waals surface area contributed by atoms with E-state index in [2.05, 4.69) is 18.7 Å². The Balaban J connectivity index is 1.97. The van der Waals surface area contributed by atoms with Crippen LogP contribution in [0.25, 0.3) is 0 Å². The summed E-state index contributed by atoms with van der Waals surface area (Å²) in [7, 11) is 0. The van der Waals surface area contributed by atoms with Gasteiger partial charge < -0.3 is 15.7 Å². The molecule has 0 spiro atoms. The minimum absolute atomic E-state index is 0.362. The molecule has 4 unspecified atom stereocenters. The highest BCUT2D eigenvalue weighted by Crippen LogP contribution is 2.24. The molecular formula is C15H27N3O3. The average molecular weight is 297 g/mol. The Morgan fingerprint density at radius 1 is 1.33 bits per heavy atom. The minimum Gasteiger partial charge on any atom is -0.383 e. The molecule has 2 fully saturated rings. The van der Waals surface area contributed by atoms with Crippen molar-refractivity contribution < 1.29 is 14.7 Å². The van der Waals surface area contributed by atoms with E-state index in [0.717, 1.165) is 6.54 Å². The second-order valence-corrected chi connectivity index (χ2v) is 6.41. The predicted molar refractivity (Wildman–Crippen MR) is 79.4 cm³/mol. The molecule has 2 aliphatic rings. The number of aliphatic hydroxyl groups is 1. The molecule has 6 nitrogen and oxygen atoms in total. The number of hydrogen-bond acceptors (Lipinski definition) is 4. The van der Waals surface area contributed by atoms with Crippen LogP contribution in [-0.2, 0) is 9.59 Å². The van der Waals surface area contributed by atoms with Gasteiger partial charge in [-0.15, -0.1) is 0 Å². The van der Waals surface area contributed by atoms with E-state index in [9.17, 15) is 14.7 Å². The topological polar surface area (TPSA) is 86.9 Å². The predicted octanol–water partition coefficient (Wildman–Crippen LogP) is 0.0865. The summed E-state index contributed by atoms with van der Waals surface area (Å²) >= 11 is 0. The zero-order valence-electron chi connectivity index (χ0n) is 13.0. The minimum atomic E-state index is -0.973. The first-order chi connectivity index (χ1) is 9.91. The van der Waals surface area contributed by atoms with Crippen LogP contribution in [0.1, 0.15) is 46.0 Å². The summed E-state index contributed by atoms with van der Waals surface area (Å²) < 4.78 is 0. The molecule has 0 saturated carbocycles. The first-order valence-corrected chi connectivity index (χ1v) is 7.95. The molecule has 2 saturated heterocycles. The first kappa shape index (κ1) is 16.2. The van der Waals surface area contributed by atoms with Crippen LogP contribution < -0.4 is 5.73 Å². The molecule has 0 aliphatic carbocycles. The van der Waals surface area contributed by atoms with Crippen LogP contribution in [0.4, 0.5) is 0 Å². The Morgan fingerprint density at radius 3 is 2.43 bits per heavy atom. The average Bonchev–Trinajstić information content (AvgIpc) is 2.74. The van der Waals surface area contributed by atoms with E-state index in [4.69, 9.17) is 5.73 Å². The van der Waals surface area contributed by atoms with Gasteiger partial charge in [0.05, 0.1) is 0 Å². The summed E-state index contributed by atoms with van der Waals surface area (Å²) in [6.07, 6.45) is 3.55. The maximum atomic E-state index is 11.9. The maximum Gasteiger partial charge on any atom is 0.252 e. The van der Waals surface area contributed by atoms with E-state index in [0.29, 0.717) is 31.5 Å². The van der Waals surface area contributed by atoms with Crippen molar-refractivity contribution >= 4 is 11.8 Å². The third-order valence-corrected chi connectivity index (χ3v) is 4.95. The summed E-state index contributed by atoms with van der Waals surface area (Å²) in [6.45, 7) is 5.59. The number of nitrogens with zero attached hydrogens (tertiary/aromatic N) is 2. The molecule has 21 heavy (non-hydrogen) atoms. The number of carbonyl (C=O) groups is 2. The highest BCUT2D eigenvalue weighted by molar-refractivity contribution is 5.89. The lowest BCUT2D eigenvalue weighted by Gasteiger charge is -2.40. The molecule has 0 aromatic carbocycles. The van der Waals surface area contributed by atoms with Gasteiger partial charge in [-0.25, -0.2) is 0 Å². The molecule has 2 rings (SSSR count). The lowest BCUT2D eigenvalue weighted by atomic mass is 9.96. The van der Waals surface area contributed by atoms with Crippen molar-refractivity contribution in [1.82, 2.24) is 9.80 Å². The number of piperidine rings is 1. The molecule has 0 bridgehead atoms. The Morgan fingerprint density at radius 2 is 1.95 bits per heavy atom. The highest BCUT2D eigenvalue weighted by Gasteiger charge is 2.37. The fourth-order valence-electron chi connectivity index (χ4n) is 3.63. The van der Waals surface area contributed by atoms with Gasteiger partial charge in [0.25, 0.3) is 5.91 Å². The fraction of sp³-hybridized carbons (Fsp3) is 0.867. The van der Waals surface area contributed by atoms with Gasteiger partial charge in [-0.1, -0.05) is 6.42 Å². The number of nitrogens with two attached hydrogens (primary N) is 1. The summed E-state index contributed by atoms with van der Waals surface area (Å²) in [4.78, 5) is 27.4. The van der Waals surface area contributed by atoms with Crippen LogP contribution in [0.2, 0.25) is 0 Å². The second-order valence-electron chi connectivity index (χ2n) is 6.41. The van der Waals surface area contributed by atoms with Crippen LogP contribution in [0.3, 0.4) is 0 Å². The zero-order valence-corrected chi connectivity index (χ0v) is 13.0. The van der Waals surface area contributed by atoms with E-state index in [1.165, 1.54) is 24.2 Å². The highest BCUT2D eigenvalue weighted by atomic mass is 16.3. The Kier molecular flexibility index (Phi) is 5.22. The van der Waals surface area contributed by atoms with E-state index in [-0.39, 0.29) is 5.91 Å². The molecule has 0 radical (unpaired) electrons. The van der Waals surface area contributed by atoms with Crippen molar-refractivity contribution in [2.75, 3.05) is 13.1 Å². The van der Waals surface area contributed by atoms with E-state index < -0.39 is 18.1 Å². The molecule has 2 heterocycles. The second kappa shape index (κ2) is 6.75. The molecule has 0 aromatic rings. The van der Waals surface area contributed by atoms with Crippen molar-refractivity contribution in [3.05, 3.63) is 0 Å². The molecule has 120 valence electrons. The van der Waals surface area contributed by atoms with Gasteiger partial charge in [0.15, 0.2) is 0 Å². The standard InChI is InChI=1S/C15H27N3O3/c1-10-4-3-5-11(2)17(10)8-6-12(14(16)20)18-9-7-13(19)15(18)21/h10-13,19H,3-9H2,1-2H3,(H2,16,20). The third kappa shape index (κ3) is 3.55. The molecule has 6 heteroatoms. The van der Waals surface area contributed by atoms with Gasteiger partial charge in [0.2, 0.25) is 5.91 Å². The smallest absolute Gasteiger partial charge is 0.252 e. The van der Waals surface area contributed by atoms with Gasteiger partial charge in [-0.3, -0.25) is 14.5 Å². The Hall–Kier alpha value is -1.14. The van der Waals surface area contributed by atoms with E-state index in [1.807, 2.05) is 0 Å². The Bertz CT molecular complexity index is 392. The van der Waals surface area contributed by atoms with Crippen molar-refractivity contribution in [3.63, 3.8) is 0 Å². The SMILES string of the molecule is CC1CCCC(C)N1CCC(C(N)=O)N1CCC(O)C1=O. The van der Waals surface area contributed by atoms with Gasteiger partial charge in [0, 0.05) is 25.2 Å². The molecule has 2 amide bonds. The first-order valence-electron chi connectivity index (χ1n) is 7.95. The Labute approximate surface area is 126 Å². The summed E-state index contributed by atoms with van der Waals surface area (Å²) in [5.74, 6) is -0.840. The number of aliphatic hydroxyl groups excluding tert-OH is 1. The van der Waals surface area contributed by atoms with Crippen LogP contribution in [-0.4, -0.2) is 64.0 Å². The number of hydrogen-bond donors (Lipinski definition) is 2. The van der Waals surface area contributed by atoms with Crippen LogP contribution in [0, 0.1) is 0 Å². The fourth-order valence-corrected chi connectivity index (χ4v) is 3.63. The van der Waals surface area contributed by atoms with E-state index in [1.54, 1.807) is 0 Å². The van der Waals surface area contributed by atoms with Crippen molar-refractivity contribution in [2.45, 2.75) is 70.2 Å². The van der Waals surface area contributed by atoms with Crippen LogP contribution in [0.15, 0.2) is 0 Å². The van der Waals surface area contributed by atoms with Crippen LogP contribution in [0.5, 0.6) is 0 Å². The van der Waals surface area contributed by atoms with Gasteiger partial charge in [-0.2, -0.15) is 0 Å². The zero-order chi connectivity index (χ0) is 15.6. The lowest BCUT2D eigenvalue weighted by molar-refractivity contribution is -0.141. The van der Waals surface area contributed by atoms with E-state index >= 15 is 0 Å². The van der Waals surface area contributed by atoms with Crippen molar-refractivity contribution in [1.29, 1.82) is 0 Å². The van der Waals surface area contributed by atoms with Gasteiger partial charge in [0.1, 0.15) is 12.1 Å². The number of likely N-dealkylation sites (tertiary alicyclic amines) is 2. The number of primary amides is 1. The summed E-state index contributed by atoms with van der Waals surface area (Å²) in [5, 5.41) is 9.55. The maximum absolute atomic E-state index is 11.9. The normalized spacial score (nSPS) is 32.4. The number of rotatable bonds is 5. The number of carbonyl (C=O) groups excluding carboxylic acids is 2. The number of amides is 2. The monoisotopic (exact) mass is 297 g/mol. The molecule has 0 aromatic heterocycles. The molecule has 3 N–H and O–H groups in total. The van der Waals surface area contributed by atoms with Crippen LogP contribution >= 0.6 is 0 Å². The van der Waals surface area contributed by atoms with Crippen molar-refractivity contribution in [2.24, 2.45) is 5.73 Å². The summed E-state index contributed by atoms with van der Waals surface area (Å²) in [5.41, 5.74) is 5.48. The summed E-state index contributed by atoms with van der Waals surface area (Å²) in [6, 6.07) is 0.403. The van der Waals surface area contributed by atoms with Gasteiger partial charge in [-0.05, 0) is 39.5 Å².